The number of carbonyl (C=O) groups excluding carboxylic acids is 2. The van der Waals surface area contributed by atoms with Crippen molar-refractivity contribution in [2.24, 2.45) is 0 Å². The number of benzene rings is 2. The van der Waals surface area contributed by atoms with Crippen molar-refractivity contribution in [2.75, 3.05) is 0 Å². The van der Waals surface area contributed by atoms with Gasteiger partial charge in [-0.05, 0) is 43.2 Å². The van der Waals surface area contributed by atoms with E-state index >= 15 is 0 Å². The molecule has 2 amide bonds. The summed E-state index contributed by atoms with van der Waals surface area (Å²) in [6.45, 7) is 0. The highest BCUT2D eigenvalue weighted by molar-refractivity contribution is 6.25. The molecule has 0 atom stereocenters. The molecule has 2 aromatic rings. The van der Waals surface area contributed by atoms with E-state index < -0.39 is 0 Å². The van der Waals surface area contributed by atoms with Gasteiger partial charge in [0.15, 0.2) is 0 Å². The Hall–Kier alpha value is -2.20. The number of imide groups is 1. The van der Waals surface area contributed by atoms with Crippen molar-refractivity contribution in [1.82, 2.24) is 4.90 Å². The average molecular weight is 295 g/mol. The molecule has 1 N–H and O–H groups in total. The lowest BCUT2D eigenvalue weighted by Crippen LogP contribution is -2.48. The molecule has 0 radical (unpaired) electrons. The minimum Gasteiger partial charge on any atom is -0.393 e. The van der Waals surface area contributed by atoms with Gasteiger partial charge in [0.1, 0.15) is 0 Å². The molecule has 0 unspecified atom stereocenters. The highest BCUT2D eigenvalue weighted by Crippen LogP contribution is 2.34. The van der Waals surface area contributed by atoms with Gasteiger partial charge >= 0.3 is 0 Å². The standard InChI is InChI=1S/C18H17NO3/c20-13-9-7-12(8-10-13)19-17(21)14-5-1-3-11-4-2-6-15(16(11)14)18(19)22/h1-6,12-13,20H,7-10H2/t12-,13-. The topological polar surface area (TPSA) is 57.6 Å². The van der Waals surface area contributed by atoms with Crippen LogP contribution < -0.4 is 0 Å². The van der Waals surface area contributed by atoms with Gasteiger partial charge in [-0.1, -0.05) is 24.3 Å². The summed E-state index contributed by atoms with van der Waals surface area (Å²) in [6, 6.07) is 11.1. The molecule has 112 valence electrons. The first-order valence-corrected chi connectivity index (χ1v) is 7.74. The van der Waals surface area contributed by atoms with Gasteiger partial charge < -0.3 is 5.11 Å². The Balaban J connectivity index is 1.82. The van der Waals surface area contributed by atoms with E-state index in [1.165, 1.54) is 4.90 Å². The Bertz CT molecular complexity index is 724. The van der Waals surface area contributed by atoms with Crippen LogP contribution in [-0.4, -0.2) is 34.0 Å². The largest absolute Gasteiger partial charge is 0.393 e. The van der Waals surface area contributed by atoms with E-state index in [2.05, 4.69) is 0 Å². The van der Waals surface area contributed by atoms with E-state index in [0.29, 0.717) is 36.8 Å². The number of aliphatic hydroxyl groups excluding tert-OH is 1. The lowest BCUT2D eigenvalue weighted by Gasteiger charge is -2.36. The monoisotopic (exact) mass is 295 g/mol. The second kappa shape index (κ2) is 4.92. The number of hydrogen-bond donors (Lipinski definition) is 1. The van der Waals surface area contributed by atoms with Crippen LogP contribution in [0.25, 0.3) is 10.8 Å². The molecule has 4 heteroatoms. The molecular weight excluding hydrogens is 278 g/mol. The normalized spacial score (nSPS) is 24.9. The Kier molecular flexibility index (Phi) is 3.01. The molecule has 0 saturated heterocycles. The maximum absolute atomic E-state index is 12.8. The Labute approximate surface area is 128 Å². The van der Waals surface area contributed by atoms with E-state index in [9.17, 15) is 14.7 Å². The third kappa shape index (κ3) is 1.87. The third-order valence-electron chi connectivity index (χ3n) is 4.83. The molecule has 0 bridgehead atoms. The fraction of sp³-hybridized carbons (Fsp3) is 0.333. The van der Waals surface area contributed by atoms with E-state index in [-0.39, 0.29) is 24.0 Å². The number of rotatable bonds is 1. The maximum Gasteiger partial charge on any atom is 0.261 e. The van der Waals surface area contributed by atoms with Crippen molar-refractivity contribution in [1.29, 1.82) is 0 Å². The van der Waals surface area contributed by atoms with Gasteiger partial charge in [0.2, 0.25) is 0 Å². The summed E-state index contributed by atoms with van der Waals surface area (Å²) in [5.41, 5.74) is 1.22. The molecule has 4 nitrogen and oxygen atoms in total. The molecule has 22 heavy (non-hydrogen) atoms. The molecule has 1 aliphatic heterocycles. The lowest BCUT2D eigenvalue weighted by molar-refractivity contribution is 0.0408. The molecule has 1 heterocycles. The predicted octanol–water partition coefficient (Wildman–Crippen LogP) is 2.74. The van der Waals surface area contributed by atoms with Crippen molar-refractivity contribution in [2.45, 2.75) is 37.8 Å². The Morgan fingerprint density at radius 2 is 1.41 bits per heavy atom. The summed E-state index contributed by atoms with van der Waals surface area (Å²) in [5, 5.41) is 11.3. The molecule has 0 aromatic heterocycles. The summed E-state index contributed by atoms with van der Waals surface area (Å²) in [4.78, 5) is 27.1. The van der Waals surface area contributed by atoms with Crippen LogP contribution in [0.4, 0.5) is 0 Å². The first-order chi connectivity index (χ1) is 10.7. The summed E-state index contributed by atoms with van der Waals surface area (Å²) >= 11 is 0. The summed E-state index contributed by atoms with van der Waals surface area (Å²) in [7, 11) is 0. The van der Waals surface area contributed by atoms with Crippen LogP contribution in [0.1, 0.15) is 46.4 Å². The number of aliphatic hydroxyl groups is 1. The lowest BCUT2D eigenvalue weighted by atomic mass is 9.88. The van der Waals surface area contributed by atoms with Crippen LogP contribution in [0.5, 0.6) is 0 Å². The summed E-state index contributed by atoms with van der Waals surface area (Å²) < 4.78 is 0. The average Bonchev–Trinajstić information content (AvgIpc) is 2.54. The molecule has 1 saturated carbocycles. The maximum atomic E-state index is 12.8. The molecule has 2 aromatic carbocycles. The Morgan fingerprint density at radius 3 is 1.95 bits per heavy atom. The Morgan fingerprint density at radius 1 is 0.864 bits per heavy atom. The van der Waals surface area contributed by atoms with Crippen molar-refractivity contribution >= 4 is 22.6 Å². The van der Waals surface area contributed by atoms with Gasteiger partial charge in [0, 0.05) is 22.6 Å². The summed E-state index contributed by atoms with van der Waals surface area (Å²) in [5.74, 6) is -0.397. The number of hydrogen-bond acceptors (Lipinski definition) is 3. The zero-order chi connectivity index (χ0) is 15.3. The molecule has 4 rings (SSSR count). The molecule has 1 fully saturated rings. The van der Waals surface area contributed by atoms with Gasteiger partial charge in [-0.15, -0.1) is 0 Å². The summed E-state index contributed by atoms with van der Waals surface area (Å²) in [6.07, 6.45) is 2.34. The van der Waals surface area contributed by atoms with Crippen LogP contribution in [-0.2, 0) is 0 Å². The van der Waals surface area contributed by atoms with Crippen LogP contribution in [0.2, 0.25) is 0 Å². The van der Waals surface area contributed by atoms with E-state index in [1.807, 2.05) is 24.3 Å². The van der Waals surface area contributed by atoms with E-state index in [4.69, 9.17) is 0 Å². The van der Waals surface area contributed by atoms with Gasteiger partial charge in [-0.3, -0.25) is 14.5 Å². The minimum absolute atomic E-state index is 0.105. The number of nitrogens with zero attached hydrogens (tertiary/aromatic N) is 1. The van der Waals surface area contributed by atoms with Gasteiger partial charge in [0.25, 0.3) is 11.8 Å². The molecule has 0 spiro atoms. The van der Waals surface area contributed by atoms with E-state index in [1.54, 1.807) is 12.1 Å². The van der Waals surface area contributed by atoms with Crippen LogP contribution in [0.3, 0.4) is 0 Å². The van der Waals surface area contributed by atoms with Crippen LogP contribution in [0.15, 0.2) is 36.4 Å². The zero-order valence-electron chi connectivity index (χ0n) is 12.2. The van der Waals surface area contributed by atoms with Crippen molar-refractivity contribution in [3.05, 3.63) is 47.5 Å². The van der Waals surface area contributed by atoms with Gasteiger partial charge in [0.05, 0.1) is 6.10 Å². The highest BCUT2D eigenvalue weighted by atomic mass is 16.3. The second-order valence-electron chi connectivity index (χ2n) is 6.15. The van der Waals surface area contributed by atoms with E-state index in [0.717, 1.165) is 10.8 Å². The van der Waals surface area contributed by atoms with Crippen molar-refractivity contribution < 1.29 is 14.7 Å². The first-order valence-electron chi connectivity index (χ1n) is 7.74. The zero-order valence-corrected chi connectivity index (χ0v) is 12.2. The predicted molar refractivity (Wildman–Crippen MR) is 82.7 cm³/mol. The number of carbonyl (C=O) groups is 2. The van der Waals surface area contributed by atoms with Crippen LogP contribution in [0, 0.1) is 0 Å². The fourth-order valence-electron chi connectivity index (χ4n) is 3.70. The highest BCUT2D eigenvalue weighted by Gasteiger charge is 2.38. The molecule has 1 aliphatic carbocycles. The SMILES string of the molecule is O=C1c2cccc3cccc(c23)C(=O)N1[C@H]1CC[C@H](O)CC1. The van der Waals surface area contributed by atoms with Crippen molar-refractivity contribution in [3.8, 4) is 0 Å². The fourth-order valence-corrected chi connectivity index (χ4v) is 3.70. The van der Waals surface area contributed by atoms with Gasteiger partial charge in [-0.25, -0.2) is 0 Å². The molecule has 2 aliphatic rings. The number of amides is 2. The quantitative estimate of drug-likeness (QED) is 0.823. The smallest absolute Gasteiger partial charge is 0.261 e. The van der Waals surface area contributed by atoms with Crippen LogP contribution >= 0.6 is 0 Å². The molecular formula is C18H17NO3. The first kappa shape index (κ1) is 13.5. The minimum atomic E-state index is -0.304. The second-order valence-corrected chi connectivity index (χ2v) is 6.15. The van der Waals surface area contributed by atoms with Gasteiger partial charge in [-0.2, -0.15) is 0 Å². The van der Waals surface area contributed by atoms with Crippen molar-refractivity contribution in [3.63, 3.8) is 0 Å². The third-order valence-corrected chi connectivity index (χ3v) is 4.83.